The number of hydrogen-bond acceptors (Lipinski definition) is 10. The Labute approximate surface area is 271 Å². The van der Waals surface area contributed by atoms with Crippen molar-refractivity contribution in [2.45, 2.75) is 39.7 Å². The van der Waals surface area contributed by atoms with E-state index in [-0.39, 0.29) is 38.1 Å². The lowest BCUT2D eigenvalue weighted by Gasteiger charge is -2.41. The highest BCUT2D eigenvalue weighted by molar-refractivity contribution is 5.97. The van der Waals surface area contributed by atoms with E-state index in [1.165, 1.54) is 35.5 Å². The molecule has 0 bridgehead atoms. The molecule has 1 aliphatic rings. The van der Waals surface area contributed by atoms with Gasteiger partial charge in [0.2, 0.25) is 11.5 Å². The van der Waals surface area contributed by atoms with Crippen molar-refractivity contribution in [2.75, 3.05) is 81.5 Å². The predicted octanol–water partition coefficient (Wildman–Crippen LogP) is 4.35. The summed E-state index contributed by atoms with van der Waals surface area (Å²) in [5.41, 5.74) is 0.627. The smallest absolute Gasteiger partial charge is 0.409 e. The quantitative estimate of drug-likeness (QED) is 0.258. The van der Waals surface area contributed by atoms with Crippen LogP contribution in [0, 0.1) is 0 Å². The maximum Gasteiger partial charge on any atom is 0.409 e. The Bertz CT molecular complexity index is 1300. The van der Waals surface area contributed by atoms with Crippen molar-refractivity contribution in [2.24, 2.45) is 0 Å². The fourth-order valence-corrected chi connectivity index (χ4v) is 5.21. The van der Waals surface area contributed by atoms with Crippen molar-refractivity contribution in [1.29, 1.82) is 0 Å². The molecule has 0 aromatic heterocycles. The average Bonchev–Trinajstić information content (AvgIpc) is 3.09. The third-order valence-corrected chi connectivity index (χ3v) is 7.82. The number of amides is 3. The van der Waals surface area contributed by atoms with Gasteiger partial charge in [0.05, 0.1) is 48.2 Å². The van der Waals surface area contributed by atoms with Gasteiger partial charge in [-0.3, -0.25) is 9.59 Å². The number of piperazine rings is 1. The molecule has 13 heteroatoms. The number of carbonyl (C=O) groups is 3. The van der Waals surface area contributed by atoms with Gasteiger partial charge < -0.3 is 47.9 Å². The molecule has 1 atom stereocenters. The number of benzene rings is 2. The van der Waals surface area contributed by atoms with Crippen LogP contribution in [0.5, 0.6) is 34.5 Å². The summed E-state index contributed by atoms with van der Waals surface area (Å²) in [6, 6.07) is 5.74. The first-order valence-electron chi connectivity index (χ1n) is 15.4. The first-order valence-corrected chi connectivity index (χ1v) is 15.4. The van der Waals surface area contributed by atoms with Crippen LogP contribution in [0.1, 0.15) is 54.3 Å². The Balaban J connectivity index is 1.94. The first-order chi connectivity index (χ1) is 22.2. The molecule has 3 amide bonds. The molecule has 254 valence electrons. The van der Waals surface area contributed by atoms with Crippen molar-refractivity contribution in [3.05, 3.63) is 35.4 Å². The Morgan fingerprint density at radius 2 is 1.26 bits per heavy atom. The van der Waals surface area contributed by atoms with E-state index >= 15 is 0 Å². The fraction of sp³-hybridized carbons (Fsp3) is 0.545. The Kier molecular flexibility index (Phi) is 13.5. The van der Waals surface area contributed by atoms with Gasteiger partial charge in [-0.15, -0.1) is 0 Å². The minimum atomic E-state index is -0.649. The summed E-state index contributed by atoms with van der Waals surface area (Å²) in [6.07, 6.45) is 1.30. The second kappa shape index (κ2) is 17.2. The van der Waals surface area contributed by atoms with E-state index in [9.17, 15) is 14.4 Å². The van der Waals surface area contributed by atoms with Crippen molar-refractivity contribution in [1.82, 2.24) is 14.7 Å². The van der Waals surface area contributed by atoms with Crippen LogP contribution in [0.25, 0.3) is 0 Å². The van der Waals surface area contributed by atoms with Crippen molar-refractivity contribution < 1.29 is 47.5 Å². The molecular weight excluding hydrogens is 598 g/mol. The lowest BCUT2D eigenvalue weighted by atomic mass is 10.1. The highest BCUT2D eigenvalue weighted by Crippen LogP contribution is 2.40. The van der Waals surface area contributed by atoms with Gasteiger partial charge in [-0.25, -0.2) is 4.79 Å². The second-order valence-corrected chi connectivity index (χ2v) is 10.5. The lowest BCUT2D eigenvalue weighted by Crippen LogP contribution is -2.58. The molecule has 13 nitrogen and oxygen atoms in total. The maximum absolute atomic E-state index is 14.1. The van der Waals surface area contributed by atoms with Gasteiger partial charge in [0.1, 0.15) is 6.61 Å². The third-order valence-electron chi connectivity index (χ3n) is 7.82. The molecule has 3 rings (SSSR count). The molecule has 2 aromatic carbocycles. The summed E-state index contributed by atoms with van der Waals surface area (Å²) in [5, 5.41) is 0. The van der Waals surface area contributed by atoms with Crippen LogP contribution in [-0.2, 0) is 4.74 Å². The lowest BCUT2D eigenvalue weighted by molar-refractivity contribution is 0.0183. The third kappa shape index (κ3) is 8.18. The number of rotatable bonds is 15. The molecule has 0 aliphatic carbocycles. The SMILES string of the molecule is CCCCOc1c(OC)cc(C(=O)N2CCN(C(=O)c3cc(OC)c(OC)c(OC)c3)CC2COC(=O)N(CC)CC)cc1OC. The molecule has 46 heavy (non-hydrogen) atoms. The van der Waals surface area contributed by atoms with Gasteiger partial charge in [0.25, 0.3) is 11.8 Å². The van der Waals surface area contributed by atoms with Gasteiger partial charge in [0.15, 0.2) is 23.0 Å². The predicted molar refractivity (Wildman–Crippen MR) is 171 cm³/mol. The van der Waals surface area contributed by atoms with E-state index in [0.29, 0.717) is 65.3 Å². The van der Waals surface area contributed by atoms with E-state index in [4.69, 9.17) is 33.2 Å². The Morgan fingerprint density at radius 1 is 0.739 bits per heavy atom. The second-order valence-electron chi connectivity index (χ2n) is 10.5. The first kappa shape index (κ1) is 35.9. The number of carbonyl (C=O) groups excluding carboxylic acids is 3. The van der Waals surface area contributed by atoms with Crippen LogP contribution in [0.3, 0.4) is 0 Å². The summed E-state index contributed by atoms with van der Waals surface area (Å²) in [7, 11) is 7.44. The summed E-state index contributed by atoms with van der Waals surface area (Å²) in [5.74, 6) is 1.55. The van der Waals surface area contributed by atoms with E-state index in [0.717, 1.165) is 12.8 Å². The molecule has 1 heterocycles. The molecule has 0 spiro atoms. The zero-order valence-corrected chi connectivity index (χ0v) is 28.2. The van der Waals surface area contributed by atoms with Crippen LogP contribution >= 0.6 is 0 Å². The standard InChI is InChI=1S/C33H47N3O10/c1-9-12-15-45-30-27(42-6)18-23(19-28(30)43-7)32(38)36-14-13-35(20-24(36)21-46-33(39)34(10-2)11-3)31(37)22-16-25(40-4)29(44-8)26(17-22)41-5/h16-19,24H,9-15,20-21H2,1-8H3. The highest BCUT2D eigenvalue weighted by atomic mass is 16.6. The molecule has 2 aromatic rings. The number of methoxy groups -OCH3 is 5. The topological polar surface area (TPSA) is 126 Å². The highest BCUT2D eigenvalue weighted by Gasteiger charge is 2.36. The summed E-state index contributed by atoms with van der Waals surface area (Å²) in [4.78, 5) is 45.4. The van der Waals surface area contributed by atoms with E-state index < -0.39 is 12.1 Å². The molecule has 1 saturated heterocycles. The average molecular weight is 646 g/mol. The molecular formula is C33H47N3O10. The summed E-state index contributed by atoms with van der Waals surface area (Å²) >= 11 is 0. The van der Waals surface area contributed by atoms with E-state index in [1.807, 2.05) is 13.8 Å². The minimum Gasteiger partial charge on any atom is -0.493 e. The molecule has 0 saturated carbocycles. The largest absolute Gasteiger partial charge is 0.493 e. The Morgan fingerprint density at radius 3 is 1.74 bits per heavy atom. The summed E-state index contributed by atoms with van der Waals surface area (Å²) in [6.45, 7) is 7.60. The molecule has 0 radical (unpaired) electrons. The number of hydrogen-bond donors (Lipinski definition) is 0. The van der Waals surface area contributed by atoms with E-state index in [2.05, 4.69) is 6.92 Å². The molecule has 1 fully saturated rings. The monoisotopic (exact) mass is 645 g/mol. The van der Waals surface area contributed by atoms with Gasteiger partial charge in [0, 0.05) is 43.9 Å². The molecule has 1 aliphatic heterocycles. The van der Waals surface area contributed by atoms with Crippen LogP contribution in [0.15, 0.2) is 24.3 Å². The van der Waals surface area contributed by atoms with Crippen molar-refractivity contribution in [3.63, 3.8) is 0 Å². The zero-order valence-electron chi connectivity index (χ0n) is 28.2. The van der Waals surface area contributed by atoms with Crippen LogP contribution in [-0.4, -0.2) is 120 Å². The van der Waals surface area contributed by atoms with Gasteiger partial charge >= 0.3 is 6.09 Å². The van der Waals surface area contributed by atoms with Crippen LogP contribution in [0.4, 0.5) is 4.79 Å². The number of unbranched alkanes of at least 4 members (excludes halogenated alkanes) is 1. The normalized spacial score (nSPS) is 14.3. The van der Waals surface area contributed by atoms with Crippen LogP contribution in [0.2, 0.25) is 0 Å². The van der Waals surface area contributed by atoms with E-state index in [1.54, 1.807) is 39.0 Å². The van der Waals surface area contributed by atoms with Crippen molar-refractivity contribution >= 4 is 17.9 Å². The molecule has 1 unspecified atom stereocenters. The maximum atomic E-state index is 14.1. The number of nitrogens with zero attached hydrogens (tertiary/aromatic N) is 3. The van der Waals surface area contributed by atoms with Gasteiger partial charge in [-0.1, -0.05) is 13.3 Å². The number of ether oxygens (including phenoxy) is 7. The summed E-state index contributed by atoms with van der Waals surface area (Å²) < 4.78 is 39.0. The van der Waals surface area contributed by atoms with Crippen LogP contribution < -0.4 is 28.4 Å². The zero-order chi connectivity index (χ0) is 33.8. The van der Waals surface area contributed by atoms with Crippen molar-refractivity contribution in [3.8, 4) is 34.5 Å². The minimum absolute atomic E-state index is 0.110. The fourth-order valence-electron chi connectivity index (χ4n) is 5.21. The molecule has 0 N–H and O–H groups in total. The van der Waals surface area contributed by atoms with Gasteiger partial charge in [-0.05, 0) is 44.5 Å². The Hall–Kier alpha value is -4.55. The van der Waals surface area contributed by atoms with Gasteiger partial charge in [-0.2, -0.15) is 0 Å².